The van der Waals surface area contributed by atoms with E-state index in [1.54, 1.807) is 34.1 Å². The van der Waals surface area contributed by atoms with Gasteiger partial charge in [-0.25, -0.2) is 0 Å². The van der Waals surface area contributed by atoms with Crippen LogP contribution in [0.1, 0.15) is 19.4 Å². The fraction of sp³-hybridized carbons (Fsp3) is 0.385. The van der Waals surface area contributed by atoms with Gasteiger partial charge in [0.2, 0.25) is 0 Å². The van der Waals surface area contributed by atoms with Crippen molar-refractivity contribution >= 4 is 6.08 Å². The number of rotatable bonds is 4. The van der Waals surface area contributed by atoms with Crippen molar-refractivity contribution in [3.05, 3.63) is 29.8 Å². The molecule has 0 bridgehead atoms. The summed E-state index contributed by atoms with van der Waals surface area (Å²) in [5.74, 6) is 1.38. The number of hydrogen-bond acceptors (Lipinski definition) is 3. The summed E-state index contributed by atoms with van der Waals surface area (Å²) in [5.41, 5.74) is 0.146. The number of methoxy groups -OCH3 is 2. The van der Waals surface area contributed by atoms with Gasteiger partial charge in [0.15, 0.2) is 11.5 Å². The van der Waals surface area contributed by atoms with Crippen LogP contribution in [0.4, 0.5) is 0 Å². The van der Waals surface area contributed by atoms with Crippen molar-refractivity contribution in [3.63, 3.8) is 0 Å². The van der Waals surface area contributed by atoms with E-state index in [1.807, 2.05) is 24.3 Å². The van der Waals surface area contributed by atoms with Crippen molar-refractivity contribution in [2.24, 2.45) is 0 Å². The first-order valence-electron chi connectivity index (χ1n) is 5.10. The Kier molecular flexibility index (Phi) is 3.96. The summed E-state index contributed by atoms with van der Waals surface area (Å²) < 4.78 is 10.3. The van der Waals surface area contributed by atoms with E-state index < -0.39 is 5.60 Å². The summed E-state index contributed by atoms with van der Waals surface area (Å²) in [6.07, 6.45) is 3.58. The Morgan fingerprint density at radius 2 is 1.75 bits per heavy atom. The number of benzene rings is 1. The highest BCUT2D eigenvalue weighted by molar-refractivity contribution is 5.56. The molecule has 0 aliphatic carbocycles. The van der Waals surface area contributed by atoms with Gasteiger partial charge in [-0.15, -0.1) is 0 Å². The molecule has 0 saturated heterocycles. The van der Waals surface area contributed by atoms with Gasteiger partial charge in [0.1, 0.15) is 0 Å². The number of hydrogen-bond donors (Lipinski definition) is 1. The topological polar surface area (TPSA) is 38.7 Å². The maximum atomic E-state index is 9.56. The van der Waals surface area contributed by atoms with Gasteiger partial charge in [0.25, 0.3) is 0 Å². The van der Waals surface area contributed by atoms with Gasteiger partial charge in [0, 0.05) is 0 Å². The molecule has 1 aromatic carbocycles. The number of aliphatic hydroxyl groups is 1. The van der Waals surface area contributed by atoms with Crippen LogP contribution in [0.5, 0.6) is 11.5 Å². The minimum atomic E-state index is -0.812. The molecular formula is C13H18O3. The van der Waals surface area contributed by atoms with Gasteiger partial charge in [-0.3, -0.25) is 0 Å². The highest BCUT2D eigenvalue weighted by atomic mass is 16.5. The molecule has 0 fully saturated rings. The lowest BCUT2D eigenvalue weighted by Crippen LogP contribution is -2.13. The molecule has 1 aromatic rings. The predicted octanol–water partition coefficient (Wildman–Crippen LogP) is 2.49. The van der Waals surface area contributed by atoms with Crippen LogP contribution in [0.25, 0.3) is 6.08 Å². The molecule has 0 aromatic heterocycles. The summed E-state index contributed by atoms with van der Waals surface area (Å²) in [5, 5.41) is 9.56. The van der Waals surface area contributed by atoms with Crippen molar-refractivity contribution in [3.8, 4) is 11.5 Å². The molecule has 3 nitrogen and oxygen atoms in total. The molecule has 0 aliphatic rings. The minimum absolute atomic E-state index is 0.681. The molecule has 0 aliphatic heterocycles. The Hall–Kier alpha value is -1.48. The first-order valence-corrected chi connectivity index (χ1v) is 5.10. The Morgan fingerprint density at radius 1 is 1.12 bits per heavy atom. The van der Waals surface area contributed by atoms with E-state index in [0.717, 1.165) is 5.56 Å². The molecule has 0 saturated carbocycles. The zero-order valence-electron chi connectivity index (χ0n) is 10.2. The fourth-order valence-corrected chi connectivity index (χ4v) is 1.26. The summed E-state index contributed by atoms with van der Waals surface area (Å²) in [6.45, 7) is 3.45. The highest BCUT2D eigenvalue weighted by Gasteiger charge is 2.07. The van der Waals surface area contributed by atoms with Crippen LogP contribution in [-0.4, -0.2) is 24.9 Å². The van der Waals surface area contributed by atoms with Gasteiger partial charge in [-0.05, 0) is 31.5 Å². The Bertz CT molecular complexity index is 375. The van der Waals surface area contributed by atoms with E-state index in [1.165, 1.54) is 0 Å². The van der Waals surface area contributed by atoms with Gasteiger partial charge in [0.05, 0.1) is 19.8 Å². The lowest BCUT2D eigenvalue weighted by Gasteiger charge is -2.11. The summed E-state index contributed by atoms with van der Waals surface area (Å²) in [6, 6.07) is 5.60. The smallest absolute Gasteiger partial charge is 0.161 e. The van der Waals surface area contributed by atoms with Crippen molar-refractivity contribution in [2.75, 3.05) is 14.2 Å². The fourth-order valence-electron chi connectivity index (χ4n) is 1.26. The second-order valence-corrected chi connectivity index (χ2v) is 4.10. The van der Waals surface area contributed by atoms with Crippen LogP contribution in [0, 0.1) is 0 Å². The second-order valence-electron chi connectivity index (χ2n) is 4.10. The molecule has 0 heterocycles. The third-order valence-corrected chi connectivity index (χ3v) is 2.09. The van der Waals surface area contributed by atoms with Crippen LogP contribution < -0.4 is 9.47 Å². The van der Waals surface area contributed by atoms with Gasteiger partial charge < -0.3 is 14.6 Å². The molecule has 88 valence electrons. The Morgan fingerprint density at radius 3 is 2.25 bits per heavy atom. The maximum Gasteiger partial charge on any atom is 0.161 e. The largest absolute Gasteiger partial charge is 0.493 e. The van der Waals surface area contributed by atoms with Crippen LogP contribution in [0.3, 0.4) is 0 Å². The molecule has 16 heavy (non-hydrogen) atoms. The molecule has 0 spiro atoms. The normalized spacial score (nSPS) is 11.8. The molecule has 0 unspecified atom stereocenters. The summed E-state index contributed by atoms with van der Waals surface area (Å²) in [7, 11) is 3.20. The lowest BCUT2D eigenvalue weighted by molar-refractivity contribution is 0.134. The average Bonchev–Trinajstić information content (AvgIpc) is 2.25. The van der Waals surface area contributed by atoms with E-state index in [0.29, 0.717) is 11.5 Å². The van der Waals surface area contributed by atoms with Gasteiger partial charge in [-0.1, -0.05) is 18.2 Å². The van der Waals surface area contributed by atoms with E-state index in [2.05, 4.69) is 0 Å². The first kappa shape index (κ1) is 12.6. The molecular weight excluding hydrogens is 204 g/mol. The van der Waals surface area contributed by atoms with Crippen LogP contribution >= 0.6 is 0 Å². The lowest BCUT2D eigenvalue weighted by atomic mass is 10.1. The third-order valence-electron chi connectivity index (χ3n) is 2.09. The Labute approximate surface area is 96.3 Å². The second kappa shape index (κ2) is 5.03. The summed E-state index contributed by atoms with van der Waals surface area (Å²) in [4.78, 5) is 0. The third kappa shape index (κ3) is 3.59. The average molecular weight is 222 g/mol. The van der Waals surface area contributed by atoms with E-state index >= 15 is 0 Å². The first-order chi connectivity index (χ1) is 7.46. The van der Waals surface area contributed by atoms with E-state index in [4.69, 9.17) is 9.47 Å². The van der Waals surface area contributed by atoms with Crippen molar-refractivity contribution < 1.29 is 14.6 Å². The molecule has 0 atom stereocenters. The van der Waals surface area contributed by atoms with E-state index in [9.17, 15) is 5.11 Å². The molecule has 3 heteroatoms. The van der Waals surface area contributed by atoms with Crippen molar-refractivity contribution in [1.82, 2.24) is 0 Å². The highest BCUT2D eigenvalue weighted by Crippen LogP contribution is 2.28. The number of ether oxygens (including phenoxy) is 2. The summed E-state index contributed by atoms with van der Waals surface area (Å²) >= 11 is 0. The maximum absolute atomic E-state index is 9.56. The zero-order chi connectivity index (χ0) is 12.2. The predicted molar refractivity (Wildman–Crippen MR) is 64.9 cm³/mol. The van der Waals surface area contributed by atoms with Crippen LogP contribution in [0.2, 0.25) is 0 Å². The molecule has 1 N–H and O–H groups in total. The van der Waals surface area contributed by atoms with Crippen molar-refractivity contribution in [2.45, 2.75) is 19.4 Å². The standard InChI is InChI=1S/C13H18O3/c1-13(2,14)8-7-10-5-6-11(15-3)12(9-10)16-4/h5-9,14H,1-4H3/b8-7+. The Balaban J connectivity index is 2.96. The molecule has 1 rings (SSSR count). The van der Waals surface area contributed by atoms with Crippen LogP contribution in [-0.2, 0) is 0 Å². The monoisotopic (exact) mass is 222 g/mol. The quantitative estimate of drug-likeness (QED) is 0.850. The molecule has 0 amide bonds. The van der Waals surface area contributed by atoms with Gasteiger partial charge in [-0.2, -0.15) is 0 Å². The zero-order valence-corrected chi connectivity index (χ0v) is 10.2. The SMILES string of the molecule is COc1ccc(/C=C/C(C)(C)O)cc1OC. The van der Waals surface area contributed by atoms with Gasteiger partial charge >= 0.3 is 0 Å². The molecule has 0 radical (unpaired) electrons. The van der Waals surface area contributed by atoms with Crippen LogP contribution in [0.15, 0.2) is 24.3 Å². The minimum Gasteiger partial charge on any atom is -0.493 e. The van der Waals surface area contributed by atoms with E-state index in [-0.39, 0.29) is 0 Å². The van der Waals surface area contributed by atoms with Crippen molar-refractivity contribution in [1.29, 1.82) is 0 Å².